The number of imidazole rings is 1. The second-order valence-corrected chi connectivity index (χ2v) is 6.19. The van der Waals surface area contributed by atoms with Crippen LogP contribution in [0.1, 0.15) is 27.2 Å². The molecule has 22 heavy (non-hydrogen) atoms. The first-order valence-corrected chi connectivity index (χ1v) is 7.27. The van der Waals surface area contributed by atoms with Gasteiger partial charge in [0.15, 0.2) is 5.78 Å². The monoisotopic (exact) mass is 368 g/mol. The average molecular weight is 369 g/mol. The minimum atomic E-state index is -0.381. The molecule has 0 spiro atoms. The quantitative estimate of drug-likeness (QED) is 0.671. The average Bonchev–Trinajstić information content (AvgIpc) is 2.76. The number of fused-ring (bicyclic) bond motifs is 1. The summed E-state index contributed by atoms with van der Waals surface area (Å²) in [6.45, 7) is 6.83. The Morgan fingerprint density at radius 2 is 2.00 bits per heavy atom. The molecule has 0 unspecified atom stereocenters. The zero-order valence-electron chi connectivity index (χ0n) is 13.3. The summed E-state index contributed by atoms with van der Waals surface area (Å²) in [5.41, 5.74) is 1.43. The van der Waals surface area contributed by atoms with E-state index in [9.17, 15) is 4.79 Å². The minimum absolute atomic E-state index is 0. The Labute approximate surface area is 141 Å². The fraction of sp³-hybridized carbons (Fsp3) is 0.500. The van der Waals surface area contributed by atoms with Gasteiger partial charge in [-0.3, -0.25) is 4.79 Å². The Balaban J connectivity index is 0.00000242. The maximum Gasteiger partial charge on any atom is 0.204 e. The van der Waals surface area contributed by atoms with Crippen molar-refractivity contribution in [3.8, 4) is 0 Å². The number of hydrogen-bond acceptors (Lipinski definition) is 4. The summed E-state index contributed by atoms with van der Waals surface area (Å²) >= 11 is 0. The molecule has 0 atom stereocenters. The van der Waals surface area contributed by atoms with E-state index in [0.717, 1.165) is 11.0 Å². The Kier molecular flexibility index (Phi) is 6.56. The van der Waals surface area contributed by atoms with Crippen molar-refractivity contribution in [1.82, 2.24) is 9.55 Å². The first kappa shape index (κ1) is 18.6. The van der Waals surface area contributed by atoms with E-state index in [1.54, 1.807) is 0 Å². The molecule has 0 saturated heterocycles. The van der Waals surface area contributed by atoms with Crippen molar-refractivity contribution >= 4 is 22.8 Å². The number of benzene rings is 1. The Bertz CT molecular complexity index is 632. The predicted molar refractivity (Wildman–Crippen MR) is 84.4 cm³/mol. The van der Waals surface area contributed by atoms with Gasteiger partial charge in [-0.2, -0.15) is 0 Å². The molecule has 2 N–H and O–H groups in total. The van der Waals surface area contributed by atoms with E-state index in [1.807, 2.05) is 49.6 Å². The van der Waals surface area contributed by atoms with Crippen molar-refractivity contribution in [2.24, 2.45) is 5.41 Å². The van der Waals surface area contributed by atoms with E-state index < -0.39 is 0 Å². The molecule has 1 heterocycles. The van der Waals surface area contributed by atoms with Crippen LogP contribution in [0, 0.1) is 5.41 Å². The number of nitrogens with one attached hydrogen (secondary N) is 1. The molecule has 122 valence electrons. The summed E-state index contributed by atoms with van der Waals surface area (Å²) in [6, 6.07) is 7.78. The molecular weight excluding hydrogens is 346 g/mol. The highest BCUT2D eigenvalue weighted by atomic mass is 79.9. The Morgan fingerprint density at radius 3 is 2.64 bits per heavy atom. The summed E-state index contributed by atoms with van der Waals surface area (Å²) in [5.74, 6) is 0.845. The van der Waals surface area contributed by atoms with Gasteiger partial charge in [-0.05, 0) is 18.6 Å². The maximum absolute atomic E-state index is 12.3. The summed E-state index contributed by atoms with van der Waals surface area (Å²) in [5, 5.41) is 12.1. The van der Waals surface area contributed by atoms with E-state index in [-0.39, 0.29) is 34.8 Å². The Morgan fingerprint density at radius 1 is 1.32 bits per heavy atom. The Hall–Kier alpha value is -1.40. The van der Waals surface area contributed by atoms with E-state index in [2.05, 4.69) is 10.3 Å². The fourth-order valence-electron chi connectivity index (χ4n) is 2.03. The molecule has 0 radical (unpaired) electrons. The third kappa shape index (κ3) is 4.30. The number of nitrogens with zero attached hydrogens (tertiary/aromatic N) is 2. The van der Waals surface area contributed by atoms with E-state index in [1.165, 1.54) is 0 Å². The standard InChI is InChI=1S/C16H23N3O2.BrH/c1-16(2,3)14(21)11-19-13-8-5-4-7-12(13)18-15(19)17-9-6-10-20;/h4-5,7-8,20H,6,9-11H2,1-3H3,(H,17,18);1H/p-1. The zero-order chi connectivity index (χ0) is 15.5. The van der Waals surface area contributed by atoms with Crippen molar-refractivity contribution in [3.05, 3.63) is 24.3 Å². The van der Waals surface area contributed by atoms with Crippen LogP contribution >= 0.6 is 0 Å². The lowest BCUT2D eigenvalue weighted by Crippen LogP contribution is -3.00. The number of aliphatic hydroxyl groups is 1. The van der Waals surface area contributed by atoms with E-state index in [4.69, 9.17) is 5.11 Å². The van der Waals surface area contributed by atoms with Crippen LogP contribution in [0.3, 0.4) is 0 Å². The molecule has 1 aromatic carbocycles. The molecule has 6 heteroatoms. The van der Waals surface area contributed by atoms with Gasteiger partial charge < -0.3 is 32.0 Å². The van der Waals surface area contributed by atoms with Crippen LogP contribution in [0.2, 0.25) is 0 Å². The fourth-order valence-corrected chi connectivity index (χ4v) is 2.03. The van der Waals surface area contributed by atoms with Gasteiger partial charge in [-0.25, -0.2) is 4.98 Å². The first-order valence-electron chi connectivity index (χ1n) is 7.27. The highest BCUT2D eigenvalue weighted by Gasteiger charge is 2.23. The van der Waals surface area contributed by atoms with Gasteiger partial charge >= 0.3 is 0 Å². The molecule has 2 rings (SSSR count). The number of Topliss-reactive ketones (excluding diaryl/α,β-unsaturated/α-hetero) is 1. The number of ketones is 1. The molecule has 0 aliphatic rings. The number of anilines is 1. The summed E-state index contributed by atoms with van der Waals surface area (Å²) in [6.07, 6.45) is 0.649. The predicted octanol–water partition coefficient (Wildman–Crippen LogP) is -0.550. The van der Waals surface area contributed by atoms with Gasteiger partial charge in [0.05, 0.1) is 17.6 Å². The summed E-state index contributed by atoms with van der Waals surface area (Å²) in [4.78, 5) is 16.9. The van der Waals surface area contributed by atoms with Crippen LogP contribution in [-0.4, -0.2) is 33.6 Å². The molecule has 0 aliphatic carbocycles. The maximum atomic E-state index is 12.3. The molecule has 0 aliphatic heterocycles. The number of carbonyl (C=O) groups excluding carboxylic acids is 1. The van der Waals surface area contributed by atoms with E-state index >= 15 is 0 Å². The number of halogens is 1. The summed E-state index contributed by atoms with van der Waals surface area (Å²) < 4.78 is 1.92. The highest BCUT2D eigenvalue weighted by Crippen LogP contribution is 2.23. The molecule has 5 nitrogen and oxygen atoms in total. The normalized spacial score (nSPS) is 11.3. The van der Waals surface area contributed by atoms with Crippen molar-refractivity contribution < 1.29 is 26.9 Å². The lowest BCUT2D eigenvalue weighted by molar-refractivity contribution is -0.126. The molecule has 0 fully saturated rings. The number of carbonyl (C=O) groups is 1. The molecule has 0 amide bonds. The van der Waals surface area contributed by atoms with Gasteiger partial charge in [-0.15, -0.1) is 0 Å². The van der Waals surface area contributed by atoms with Crippen molar-refractivity contribution in [2.75, 3.05) is 18.5 Å². The van der Waals surface area contributed by atoms with Gasteiger partial charge in [0.1, 0.15) is 0 Å². The number of aromatic nitrogens is 2. The van der Waals surface area contributed by atoms with Gasteiger partial charge in [-0.1, -0.05) is 32.9 Å². The lowest BCUT2D eigenvalue weighted by Gasteiger charge is -2.18. The van der Waals surface area contributed by atoms with Crippen molar-refractivity contribution in [3.63, 3.8) is 0 Å². The van der Waals surface area contributed by atoms with Crippen molar-refractivity contribution in [1.29, 1.82) is 0 Å². The third-order valence-electron chi connectivity index (χ3n) is 3.41. The van der Waals surface area contributed by atoms with Crippen LogP contribution < -0.4 is 22.3 Å². The van der Waals surface area contributed by atoms with Gasteiger partial charge in [0.2, 0.25) is 5.95 Å². The highest BCUT2D eigenvalue weighted by molar-refractivity contribution is 5.87. The van der Waals surface area contributed by atoms with Gasteiger partial charge in [0.25, 0.3) is 0 Å². The van der Waals surface area contributed by atoms with Crippen molar-refractivity contribution in [2.45, 2.75) is 33.7 Å². The lowest BCUT2D eigenvalue weighted by atomic mass is 9.91. The zero-order valence-corrected chi connectivity index (χ0v) is 14.9. The number of para-hydroxylation sites is 2. The SMILES string of the molecule is CC(C)(C)C(=O)Cn1c(NCCCO)nc2ccccc21.[Br-]. The van der Waals surface area contributed by atoms with E-state index in [0.29, 0.717) is 25.5 Å². The second-order valence-electron chi connectivity index (χ2n) is 6.19. The second kappa shape index (κ2) is 7.74. The van der Waals surface area contributed by atoms with Crippen LogP contribution in [0.15, 0.2) is 24.3 Å². The van der Waals surface area contributed by atoms with Crippen LogP contribution in [-0.2, 0) is 11.3 Å². The smallest absolute Gasteiger partial charge is 0.204 e. The largest absolute Gasteiger partial charge is 1.00 e. The molecule has 0 saturated carbocycles. The molecule has 0 bridgehead atoms. The number of aliphatic hydroxyl groups excluding tert-OH is 1. The number of rotatable bonds is 6. The molecule has 1 aromatic heterocycles. The molecular formula is C16H23BrN3O2-. The van der Waals surface area contributed by atoms with Gasteiger partial charge in [0, 0.05) is 18.6 Å². The van der Waals surface area contributed by atoms with Crippen LogP contribution in [0.5, 0.6) is 0 Å². The third-order valence-corrected chi connectivity index (χ3v) is 3.41. The topological polar surface area (TPSA) is 67.2 Å². The van der Waals surface area contributed by atoms with Crippen LogP contribution in [0.4, 0.5) is 5.95 Å². The minimum Gasteiger partial charge on any atom is -1.00 e. The first-order chi connectivity index (χ1) is 9.93. The molecule has 2 aromatic rings. The summed E-state index contributed by atoms with van der Waals surface area (Å²) in [7, 11) is 0. The number of hydrogen-bond donors (Lipinski definition) is 2. The van der Waals surface area contributed by atoms with Crippen LogP contribution in [0.25, 0.3) is 11.0 Å².